The van der Waals surface area contributed by atoms with Crippen LogP contribution in [0.3, 0.4) is 0 Å². The summed E-state index contributed by atoms with van der Waals surface area (Å²) in [4.78, 5) is 0. The van der Waals surface area contributed by atoms with E-state index in [2.05, 4.69) is 20.8 Å². The molecule has 0 aromatic heterocycles. The van der Waals surface area contributed by atoms with Crippen LogP contribution in [-0.2, 0) is 0 Å². The van der Waals surface area contributed by atoms with Crippen molar-refractivity contribution in [3.05, 3.63) is 0 Å². The number of aliphatic hydroxyl groups is 3. The molecule has 0 aromatic carbocycles. The molecule has 0 spiro atoms. The zero-order chi connectivity index (χ0) is 12.4. The molecule has 0 aliphatic heterocycles. The van der Waals surface area contributed by atoms with Gasteiger partial charge in [-0.3, -0.25) is 0 Å². The van der Waals surface area contributed by atoms with Crippen molar-refractivity contribution in [1.29, 1.82) is 0 Å². The number of aliphatic hydroxyl groups excluding tert-OH is 3. The van der Waals surface area contributed by atoms with Crippen molar-refractivity contribution in [2.75, 3.05) is 19.8 Å². The first-order chi connectivity index (χ1) is 7.24. The predicted molar refractivity (Wildman–Crippen MR) is 71.7 cm³/mol. The third kappa shape index (κ3) is 61.5. The molecule has 0 saturated carbocycles. The van der Waals surface area contributed by atoms with Crippen molar-refractivity contribution in [3.63, 3.8) is 0 Å². The SMILES string of the molecule is CCCCO.CCCCO.CCCCO.[Sb]. The third-order valence-corrected chi connectivity index (χ3v) is 1.54. The zero-order valence-electron chi connectivity index (χ0n) is 11.2. The van der Waals surface area contributed by atoms with Crippen molar-refractivity contribution in [2.24, 2.45) is 0 Å². The van der Waals surface area contributed by atoms with E-state index in [-0.39, 0.29) is 24.4 Å². The van der Waals surface area contributed by atoms with Crippen LogP contribution in [-0.4, -0.2) is 59.6 Å². The maximum absolute atomic E-state index is 8.07. The van der Waals surface area contributed by atoms with Gasteiger partial charge in [0.05, 0.1) is 0 Å². The Balaban J connectivity index is -0.0000000655. The van der Waals surface area contributed by atoms with Gasteiger partial charge >= 0.3 is 0 Å². The van der Waals surface area contributed by atoms with Gasteiger partial charge in [-0.2, -0.15) is 0 Å². The van der Waals surface area contributed by atoms with E-state index in [0.29, 0.717) is 19.8 Å². The van der Waals surface area contributed by atoms with Gasteiger partial charge in [0.15, 0.2) is 0 Å². The molecule has 0 fully saturated rings. The topological polar surface area (TPSA) is 60.7 Å². The van der Waals surface area contributed by atoms with E-state index in [1.165, 1.54) is 0 Å². The molecule has 3 radical (unpaired) electrons. The minimum Gasteiger partial charge on any atom is -0.396 e. The van der Waals surface area contributed by atoms with Crippen LogP contribution in [0.25, 0.3) is 0 Å². The summed E-state index contributed by atoms with van der Waals surface area (Å²) in [7, 11) is 0. The van der Waals surface area contributed by atoms with Crippen molar-refractivity contribution < 1.29 is 15.3 Å². The van der Waals surface area contributed by atoms with E-state index >= 15 is 0 Å². The Morgan fingerprint density at radius 3 is 0.750 bits per heavy atom. The van der Waals surface area contributed by atoms with Crippen LogP contribution in [0.15, 0.2) is 0 Å². The molecule has 0 atom stereocenters. The van der Waals surface area contributed by atoms with Gasteiger partial charge in [-0.15, -0.1) is 0 Å². The fraction of sp³-hybridized carbons (Fsp3) is 1.00. The second-order valence-corrected chi connectivity index (χ2v) is 3.23. The molecular weight excluding hydrogens is 314 g/mol. The molecule has 16 heavy (non-hydrogen) atoms. The maximum atomic E-state index is 8.07. The Morgan fingerprint density at radius 2 is 0.750 bits per heavy atom. The average molecular weight is 344 g/mol. The summed E-state index contributed by atoms with van der Waals surface area (Å²) >= 11 is 0. The van der Waals surface area contributed by atoms with Crippen LogP contribution in [0.1, 0.15) is 59.3 Å². The van der Waals surface area contributed by atoms with E-state index in [1.54, 1.807) is 0 Å². The predicted octanol–water partition coefficient (Wildman–Crippen LogP) is 1.96. The van der Waals surface area contributed by atoms with E-state index in [4.69, 9.17) is 15.3 Å². The van der Waals surface area contributed by atoms with Gasteiger partial charge in [0.1, 0.15) is 0 Å². The molecule has 4 heteroatoms. The summed E-state index contributed by atoms with van der Waals surface area (Å²) in [5.74, 6) is 0. The Morgan fingerprint density at radius 1 is 0.562 bits per heavy atom. The molecule has 0 aliphatic rings. The van der Waals surface area contributed by atoms with Gasteiger partial charge in [0, 0.05) is 44.2 Å². The average Bonchev–Trinajstić information content (AvgIpc) is 2.23. The molecule has 3 N–H and O–H groups in total. The van der Waals surface area contributed by atoms with Crippen molar-refractivity contribution in [2.45, 2.75) is 59.3 Å². The largest absolute Gasteiger partial charge is 0.396 e. The van der Waals surface area contributed by atoms with Crippen LogP contribution in [0.5, 0.6) is 0 Å². The summed E-state index contributed by atoms with van der Waals surface area (Å²) in [6.45, 7) is 7.19. The molecule has 101 valence electrons. The number of rotatable bonds is 6. The van der Waals surface area contributed by atoms with Gasteiger partial charge < -0.3 is 15.3 Å². The Hall–Kier alpha value is 0.698. The Labute approximate surface area is 119 Å². The summed E-state index contributed by atoms with van der Waals surface area (Å²) in [5.41, 5.74) is 0. The maximum Gasteiger partial charge on any atom is 0.0430 e. The Bertz CT molecular complexity index is 53.0. The van der Waals surface area contributed by atoms with Crippen LogP contribution < -0.4 is 0 Å². The van der Waals surface area contributed by atoms with Crippen molar-refractivity contribution >= 4 is 24.4 Å². The number of hydrogen-bond donors (Lipinski definition) is 3. The molecule has 0 aliphatic carbocycles. The molecule has 3 nitrogen and oxygen atoms in total. The first-order valence-corrected chi connectivity index (χ1v) is 6.07. The van der Waals surface area contributed by atoms with Gasteiger partial charge in [-0.1, -0.05) is 40.0 Å². The fourth-order valence-corrected chi connectivity index (χ4v) is 0.474. The minimum absolute atomic E-state index is 0. The molecule has 0 saturated heterocycles. The summed E-state index contributed by atoms with van der Waals surface area (Å²) in [6.07, 6.45) is 6.11. The second kappa shape index (κ2) is 36.1. The minimum atomic E-state index is 0. The van der Waals surface area contributed by atoms with E-state index in [9.17, 15) is 0 Å². The summed E-state index contributed by atoms with van der Waals surface area (Å²) in [6, 6.07) is 0. The smallest absolute Gasteiger partial charge is 0.0430 e. The molecule has 0 heterocycles. The quantitative estimate of drug-likeness (QED) is 0.646. The van der Waals surface area contributed by atoms with Gasteiger partial charge in [-0.25, -0.2) is 0 Å². The molecule has 0 aromatic rings. The van der Waals surface area contributed by atoms with Crippen molar-refractivity contribution in [3.8, 4) is 0 Å². The second-order valence-electron chi connectivity index (χ2n) is 3.23. The molecule has 0 rings (SSSR count). The normalized spacial score (nSPS) is 7.88. The molecule has 0 unspecified atom stereocenters. The molecule has 0 bridgehead atoms. The third-order valence-electron chi connectivity index (χ3n) is 1.54. The standard InChI is InChI=1S/3C4H10O.Sb/c3*1-2-3-4-5;/h3*5H,2-4H2,1H3;. The van der Waals surface area contributed by atoms with Crippen LogP contribution in [0.4, 0.5) is 0 Å². The van der Waals surface area contributed by atoms with Crippen molar-refractivity contribution in [1.82, 2.24) is 0 Å². The van der Waals surface area contributed by atoms with E-state index in [0.717, 1.165) is 38.5 Å². The summed E-state index contributed by atoms with van der Waals surface area (Å²) < 4.78 is 0. The monoisotopic (exact) mass is 343 g/mol. The summed E-state index contributed by atoms with van der Waals surface area (Å²) in [5, 5.41) is 24.2. The van der Waals surface area contributed by atoms with E-state index in [1.807, 2.05) is 0 Å². The first kappa shape index (κ1) is 25.5. The van der Waals surface area contributed by atoms with Crippen LogP contribution in [0, 0.1) is 0 Å². The number of unbranched alkanes of at least 4 members (excludes halogenated alkanes) is 3. The number of hydrogen-bond acceptors (Lipinski definition) is 3. The van der Waals surface area contributed by atoms with E-state index < -0.39 is 0 Å². The molecule has 0 amide bonds. The van der Waals surface area contributed by atoms with Gasteiger partial charge in [0.25, 0.3) is 0 Å². The first-order valence-electron chi connectivity index (χ1n) is 6.07. The van der Waals surface area contributed by atoms with Gasteiger partial charge in [0.2, 0.25) is 0 Å². The Kier molecular flexibility index (Phi) is 57.5. The zero-order valence-corrected chi connectivity index (χ0v) is 13.7. The molecular formula is C12H30O3Sb. The fourth-order valence-electron chi connectivity index (χ4n) is 0.474. The van der Waals surface area contributed by atoms with Gasteiger partial charge in [-0.05, 0) is 19.3 Å². The van der Waals surface area contributed by atoms with Crippen LogP contribution in [0.2, 0.25) is 0 Å². The van der Waals surface area contributed by atoms with Crippen LogP contribution >= 0.6 is 0 Å².